The van der Waals surface area contributed by atoms with Crippen LogP contribution in [0.25, 0.3) is 0 Å². The zero-order valence-electron chi connectivity index (χ0n) is 14.5. The highest BCUT2D eigenvalue weighted by molar-refractivity contribution is 5.84. The molecule has 0 aliphatic rings. The van der Waals surface area contributed by atoms with Crippen molar-refractivity contribution in [3.8, 4) is 0 Å². The van der Waals surface area contributed by atoms with Gasteiger partial charge in [-0.05, 0) is 25.0 Å². The third-order valence-corrected chi connectivity index (χ3v) is 3.95. The molecule has 0 radical (unpaired) electrons. The van der Waals surface area contributed by atoms with E-state index in [2.05, 4.69) is 5.32 Å². The molecule has 24 heavy (non-hydrogen) atoms. The van der Waals surface area contributed by atoms with E-state index in [-0.39, 0.29) is 24.4 Å². The smallest absolute Gasteiger partial charge is 0.240 e. The largest absolute Gasteiger partial charge is 0.348 e. The maximum atomic E-state index is 12.3. The fourth-order valence-corrected chi connectivity index (χ4v) is 2.48. The topological polar surface area (TPSA) is 49.4 Å². The average molecular weight is 324 g/mol. The highest BCUT2D eigenvalue weighted by Crippen LogP contribution is 2.11. The minimum atomic E-state index is -0.159. The maximum Gasteiger partial charge on any atom is 0.240 e. The summed E-state index contributed by atoms with van der Waals surface area (Å²) in [6, 6.07) is 17.7. The van der Waals surface area contributed by atoms with Gasteiger partial charge < -0.3 is 10.2 Å². The SMILES string of the molecule is CC(=O)N(CC(=O)NC(C)c1ccccc1)Cc1ccc(C)cc1. The summed E-state index contributed by atoms with van der Waals surface area (Å²) in [4.78, 5) is 25.7. The Kier molecular flexibility index (Phi) is 6.13. The molecule has 0 aromatic heterocycles. The van der Waals surface area contributed by atoms with E-state index in [1.54, 1.807) is 4.90 Å². The lowest BCUT2D eigenvalue weighted by molar-refractivity contribution is -0.135. The number of hydrogen-bond acceptors (Lipinski definition) is 2. The summed E-state index contributed by atoms with van der Waals surface area (Å²) in [6.07, 6.45) is 0. The van der Waals surface area contributed by atoms with Crippen LogP contribution in [-0.2, 0) is 16.1 Å². The fourth-order valence-electron chi connectivity index (χ4n) is 2.48. The van der Waals surface area contributed by atoms with Crippen molar-refractivity contribution in [3.63, 3.8) is 0 Å². The summed E-state index contributed by atoms with van der Waals surface area (Å²) < 4.78 is 0. The molecular weight excluding hydrogens is 300 g/mol. The molecule has 2 amide bonds. The second-order valence-electron chi connectivity index (χ2n) is 6.06. The van der Waals surface area contributed by atoms with Crippen molar-refractivity contribution >= 4 is 11.8 Å². The van der Waals surface area contributed by atoms with Crippen LogP contribution in [0.5, 0.6) is 0 Å². The molecule has 0 aliphatic carbocycles. The molecular formula is C20H24N2O2. The van der Waals surface area contributed by atoms with Crippen LogP contribution >= 0.6 is 0 Å². The molecule has 4 heteroatoms. The van der Waals surface area contributed by atoms with Gasteiger partial charge in [-0.3, -0.25) is 9.59 Å². The van der Waals surface area contributed by atoms with Gasteiger partial charge in [-0.25, -0.2) is 0 Å². The Morgan fingerprint density at radius 3 is 2.25 bits per heavy atom. The van der Waals surface area contributed by atoms with Crippen molar-refractivity contribution in [2.75, 3.05) is 6.54 Å². The van der Waals surface area contributed by atoms with Gasteiger partial charge >= 0.3 is 0 Å². The van der Waals surface area contributed by atoms with E-state index in [4.69, 9.17) is 0 Å². The summed E-state index contributed by atoms with van der Waals surface area (Å²) in [5, 5.41) is 2.94. The molecule has 4 nitrogen and oxygen atoms in total. The zero-order valence-corrected chi connectivity index (χ0v) is 14.5. The number of nitrogens with one attached hydrogen (secondary N) is 1. The molecule has 0 bridgehead atoms. The van der Waals surface area contributed by atoms with Crippen LogP contribution in [0.4, 0.5) is 0 Å². The lowest BCUT2D eigenvalue weighted by atomic mass is 10.1. The summed E-state index contributed by atoms with van der Waals surface area (Å²) in [7, 11) is 0. The quantitative estimate of drug-likeness (QED) is 0.887. The first-order chi connectivity index (χ1) is 11.5. The van der Waals surface area contributed by atoms with Crippen molar-refractivity contribution in [1.29, 1.82) is 0 Å². The van der Waals surface area contributed by atoms with Crippen molar-refractivity contribution in [2.45, 2.75) is 33.4 Å². The first-order valence-electron chi connectivity index (χ1n) is 8.11. The van der Waals surface area contributed by atoms with E-state index < -0.39 is 0 Å². The van der Waals surface area contributed by atoms with Gasteiger partial charge in [-0.2, -0.15) is 0 Å². The van der Waals surface area contributed by atoms with E-state index in [1.165, 1.54) is 12.5 Å². The molecule has 0 fully saturated rings. The number of nitrogens with zero attached hydrogens (tertiary/aromatic N) is 1. The predicted octanol–water partition coefficient (Wildman–Crippen LogP) is 3.22. The summed E-state index contributed by atoms with van der Waals surface area (Å²) in [5.41, 5.74) is 3.22. The molecule has 0 saturated heterocycles. The molecule has 126 valence electrons. The molecule has 1 N–H and O–H groups in total. The molecule has 0 aliphatic heterocycles. The number of amides is 2. The van der Waals surface area contributed by atoms with Crippen molar-refractivity contribution in [3.05, 3.63) is 71.3 Å². The number of carbonyl (C=O) groups excluding carboxylic acids is 2. The van der Waals surface area contributed by atoms with Gasteiger partial charge in [-0.15, -0.1) is 0 Å². The van der Waals surface area contributed by atoms with E-state index in [1.807, 2.05) is 68.4 Å². The summed E-state index contributed by atoms with van der Waals surface area (Å²) in [5.74, 6) is -0.272. The van der Waals surface area contributed by atoms with Crippen LogP contribution in [0.3, 0.4) is 0 Å². The number of rotatable bonds is 6. The first-order valence-corrected chi connectivity index (χ1v) is 8.11. The van der Waals surface area contributed by atoms with Crippen LogP contribution in [0, 0.1) is 6.92 Å². The Labute approximate surface area is 143 Å². The highest BCUT2D eigenvalue weighted by atomic mass is 16.2. The monoisotopic (exact) mass is 324 g/mol. The van der Waals surface area contributed by atoms with E-state index in [0.717, 1.165) is 11.1 Å². The highest BCUT2D eigenvalue weighted by Gasteiger charge is 2.16. The first kappa shape index (κ1) is 17.7. The Morgan fingerprint density at radius 1 is 1.04 bits per heavy atom. The van der Waals surface area contributed by atoms with E-state index >= 15 is 0 Å². The van der Waals surface area contributed by atoms with Gasteiger partial charge in [0.05, 0.1) is 12.6 Å². The lowest BCUT2D eigenvalue weighted by Gasteiger charge is -2.22. The van der Waals surface area contributed by atoms with Crippen LogP contribution in [-0.4, -0.2) is 23.3 Å². The van der Waals surface area contributed by atoms with Crippen molar-refractivity contribution < 1.29 is 9.59 Å². The summed E-state index contributed by atoms with van der Waals surface area (Å²) >= 11 is 0. The third kappa shape index (κ3) is 5.23. The molecule has 2 aromatic carbocycles. The zero-order chi connectivity index (χ0) is 17.5. The van der Waals surface area contributed by atoms with E-state index in [0.29, 0.717) is 6.54 Å². The fraction of sp³-hybridized carbons (Fsp3) is 0.300. The average Bonchev–Trinajstić information content (AvgIpc) is 2.56. The maximum absolute atomic E-state index is 12.3. The molecule has 0 heterocycles. The number of hydrogen-bond donors (Lipinski definition) is 1. The van der Waals surface area contributed by atoms with Gasteiger partial charge in [0.2, 0.25) is 11.8 Å². The van der Waals surface area contributed by atoms with Crippen LogP contribution in [0.2, 0.25) is 0 Å². The molecule has 1 atom stereocenters. The molecule has 0 spiro atoms. The van der Waals surface area contributed by atoms with Gasteiger partial charge in [0.15, 0.2) is 0 Å². The molecule has 2 rings (SSSR count). The van der Waals surface area contributed by atoms with Crippen molar-refractivity contribution in [2.24, 2.45) is 0 Å². The Bertz CT molecular complexity index is 681. The minimum absolute atomic E-state index is 0.0559. The molecule has 2 aromatic rings. The normalized spacial score (nSPS) is 11.6. The third-order valence-electron chi connectivity index (χ3n) is 3.95. The second-order valence-corrected chi connectivity index (χ2v) is 6.06. The van der Waals surface area contributed by atoms with Gasteiger partial charge in [0, 0.05) is 13.5 Å². The standard InChI is InChI=1S/C20H24N2O2/c1-15-9-11-18(12-10-15)13-22(17(3)23)14-20(24)21-16(2)19-7-5-4-6-8-19/h4-12,16H,13-14H2,1-3H3,(H,21,24). The van der Waals surface area contributed by atoms with E-state index in [9.17, 15) is 9.59 Å². The van der Waals surface area contributed by atoms with Gasteiger partial charge in [0.1, 0.15) is 0 Å². The van der Waals surface area contributed by atoms with Crippen LogP contribution in [0.15, 0.2) is 54.6 Å². The number of aryl methyl sites for hydroxylation is 1. The lowest BCUT2D eigenvalue weighted by Crippen LogP contribution is -2.40. The minimum Gasteiger partial charge on any atom is -0.348 e. The molecule has 0 saturated carbocycles. The number of benzene rings is 2. The molecule has 1 unspecified atom stereocenters. The van der Waals surface area contributed by atoms with Gasteiger partial charge in [-0.1, -0.05) is 60.2 Å². The van der Waals surface area contributed by atoms with Crippen LogP contribution < -0.4 is 5.32 Å². The summed E-state index contributed by atoms with van der Waals surface area (Å²) in [6.45, 7) is 5.93. The van der Waals surface area contributed by atoms with Crippen molar-refractivity contribution in [1.82, 2.24) is 10.2 Å². The second kappa shape index (κ2) is 8.29. The Balaban J connectivity index is 1.95. The Morgan fingerprint density at radius 2 is 1.67 bits per heavy atom. The number of carbonyl (C=O) groups is 2. The van der Waals surface area contributed by atoms with Gasteiger partial charge in [0.25, 0.3) is 0 Å². The predicted molar refractivity (Wildman–Crippen MR) is 95.3 cm³/mol. The van der Waals surface area contributed by atoms with Crippen LogP contribution in [0.1, 0.15) is 36.6 Å². The Hall–Kier alpha value is -2.62.